The van der Waals surface area contributed by atoms with Crippen molar-refractivity contribution in [3.8, 4) is 11.5 Å². The maximum Gasteiger partial charge on any atom is 0.224 e. The molecule has 0 aliphatic carbocycles. The highest BCUT2D eigenvalue weighted by Crippen LogP contribution is 2.21. The number of carbonyl (C=O) groups excluding carboxylic acids is 1. The van der Waals surface area contributed by atoms with Crippen LogP contribution in [-0.4, -0.2) is 18.1 Å². The number of aromatic hydroxyl groups is 1. The highest BCUT2D eigenvalue weighted by molar-refractivity contribution is 5.92. The molecule has 20 heavy (non-hydrogen) atoms. The number of para-hydroxylation sites is 2. The Morgan fingerprint density at radius 1 is 1.15 bits per heavy atom. The Morgan fingerprint density at radius 2 is 1.85 bits per heavy atom. The van der Waals surface area contributed by atoms with Crippen LogP contribution in [0.15, 0.2) is 48.5 Å². The van der Waals surface area contributed by atoms with E-state index in [9.17, 15) is 9.90 Å². The molecular weight excluding hydrogens is 254 g/mol. The van der Waals surface area contributed by atoms with Crippen LogP contribution in [-0.2, 0) is 11.2 Å². The number of hydrogen-bond acceptors (Lipinski definition) is 3. The molecule has 2 N–H and O–H groups in total. The lowest BCUT2D eigenvalue weighted by atomic mass is 10.1. The molecular formula is C16H17NO3. The number of methoxy groups -OCH3 is 1. The largest absolute Gasteiger partial charge is 0.506 e. The number of amides is 1. The van der Waals surface area contributed by atoms with E-state index in [-0.39, 0.29) is 11.7 Å². The minimum absolute atomic E-state index is 0.0743. The molecule has 0 aromatic heterocycles. The topological polar surface area (TPSA) is 58.6 Å². The first-order valence-electron chi connectivity index (χ1n) is 6.40. The molecule has 1 amide bonds. The van der Waals surface area contributed by atoms with Crippen molar-refractivity contribution >= 4 is 11.6 Å². The first-order valence-corrected chi connectivity index (χ1v) is 6.40. The number of ether oxygens (including phenoxy) is 1. The van der Waals surface area contributed by atoms with Gasteiger partial charge in [-0.3, -0.25) is 4.79 Å². The number of hydrogen-bond donors (Lipinski definition) is 2. The van der Waals surface area contributed by atoms with Gasteiger partial charge in [0.05, 0.1) is 12.8 Å². The number of rotatable bonds is 5. The van der Waals surface area contributed by atoms with E-state index in [2.05, 4.69) is 5.32 Å². The molecule has 0 spiro atoms. The monoisotopic (exact) mass is 271 g/mol. The van der Waals surface area contributed by atoms with Gasteiger partial charge < -0.3 is 15.2 Å². The SMILES string of the molecule is COc1ccc(CCC(=O)Nc2ccccc2O)cc1. The van der Waals surface area contributed by atoms with Gasteiger partial charge in [-0.05, 0) is 36.2 Å². The fourth-order valence-corrected chi connectivity index (χ4v) is 1.84. The number of nitrogens with one attached hydrogen (secondary N) is 1. The fourth-order valence-electron chi connectivity index (χ4n) is 1.84. The molecule has 0 radical (unpaired) electrons. The summed E-state index contributed by atoms with van der Waals surface area (Å²) in [6, 6.07) is 14.3. The van der Waals surface area contributed by atoms with Crippen LogP contribution in [0.5, 0.6) is 11.5 Å². The minimum atomic E-state index is -0.123. The van der Waals surface area contributed by atoms with E-state index in [1.807, 2.05) is 24.3 Å². The molecule has 104 valence electrons. The Kier molecular flexibility index (Phi) is 4.60. The van der Waals surface area contributed by atoms with Crippen molar-refractivity contribution in [1.29, 1.82) is 0 Å². The molecule has 0 heterocycles. The highest BCUT2D eigenvalue weighted by Gasteiger charge is 2.06. The van der Waals surface area contributed by atoms with Crippen LogP contribution in [0.4, 0.5) is 5.69 Å². The van der Waals surface area contributed by atoms with Crippen molar-refractivity contribution in [3.05, 3.63) is 54.1 Å². The fraction of sp³-hybridized carbons (Fsp3) is 0.188. The molecule has 0 aliphatic heterocycles. The third-order valence-electron chi connectivity index (χ3n) is 2.98. The summed E-state index contributed by atoms with van der Waals surface area (Å²) >= 11 is 0. The van der Waals surface area contributed by atoms with E-state index in [4.69, 9.17) is 4.74 Å². The van der Waals surface area contributed by atoms with E-state index in [0.717, 1.165) is 11.3 Å². The predicted octanol–water partition coefficient (Wildman–Crippen LogP) is 2.97. The van der Waals surface area contributed by atoms with Gasteiger partial charge in [-0.25, -0.2) is 0 Å². The lowest BCUT2D eigenvalue weighted by Crippen LogP contribution is -2.12. The van der Waals surface area contributed by atoms with Gasteiger partial charge in [0.15, 0.2) is 0 Å². The average Bonchev–Trinajstić information content (AvgIpc) is 2.48. The number of carbonyl (C=O) groups is 1. The lowest BCUT2D eigenvalue weighted by Gasteiger charge is -2.07. The Bertz CT molecular complexity index is 579. The van der Waals surface area contributed by atoms with Crippen molar-refractivity contribution in [2.24, 2.45) is 0 Å². The average molecular weight is 271 g/mol. The first kappa shape index (κ1) is 13.9. The minimum Gasteiger partial charge on any atom is -0.506 e. The van der Waals surface area contributed by atoms with Crippen molar-refractivity contribution in [1.82, 2.24) is 0 Å². The van der Waals surface area contributed by atoms with E-state index in [0.29, 0.717) is 18.5 Å². The molecule has 0 saturated heterocycles. The Balaban J connectivity index is 1.87. The van der Waals surface area contributed by atoms with Gasteiger partial charge in [0, 0.05) is 6.42 Å². The molecule has 0 aliphatic rings. The second-order valence-corrected chi connectivity index (χ2v) is 4.41. The van der Waals surface area contributed by atoms with Gasteiger partial charge in [0.1, 0.15) is 11.5 Å². The summed E-state index contributed by atoms with van der Waals surface area (Å²) in [6.45, 7) is 0. The third kappa shape index (κ3) is 3.75. The van der Waals surface area contributed by atoms with Crippen LogP contribution in [0, 0.1) is 0 Å². The van der Waals surface area contributed by atoms with Gasteiger partial charge in [-0.15, -0.1) is 0 Å². The van der Waals surface area contributed by atoms with Crippen molar-refractivity contribution in [2.45, 2.75) is 12.8 Å². The van der Waals surface area contributed by atoms with E-state index < -0.39 is 0 Å². The van der Waals surface area contributed by atoms with Crippen molar-refractivity contribution in [3.63, 3.8) is 0 Å². The molecule has 0 saturated carbocycles. The summed E-state index contributed by atoms with van der Waals surface area (Å²) in [5, 5.41) is 12.3. The summed E-state index contributed by atoms with van der Waals surface area (Å²) in [7, 11) is 1.62. The third-order valence-corrected chi connectivity index (χ3v) is 2.98. The van der Waals surface area contributed by atoms with E-state index in [1.54, 1.807) is 31.4 Å². The van der Waals surface area contributed by atoms with E-state index >= 15 is 0 Å². The summed E-state index contributed by atoms with van der Waals surface area (Å²) in [5.41, 5.74) is 1.51. The molecule has 0 atom stereocenters. The second-order valence-electron chi connectivity index (χ2n) is 4.41. The summed E-state index contributed by atoms with van der Waals surface area (Å²) < 4.78 is 5.08. The van der Waals surface area contributed by atoms with Crippen LogP contribution < -0.4 is 10.1 Å². The number of benzene rings is 2. The van der Waals surface area contributed by atoms with Gasteiger partial charge >= 0.3 is 0 Å². The first-order chi connectivity index (χ1) is 9.69. The van der Waals surface area contributed by atoms with Crippen LogP contribution in [0.25, 0.3) is 0 Å². The highest BCUT2D eigenvalue weighted by atomic mass is 16.5. The van der Waals surface area contributed by atoms with Crippen molar-refractivity contribution < 1.29 is 14.6 Å². The van der Waals surface area contributed by atoms with Gasteiger partial charge in [0.2, 0.25) is 5.91 Å². The maximum atomic E-state index is 11.8. The molecule has 0 fully saturated rings. The predicted molar refractivity (Wildman–Crippen MR) is 78.1 cm³/mol. The maximum absolute atomic E-state index is 11.8. The summed E-state index contributed by atoms with van der Waals surface area (Å²) in [4.78, 5) is 11.8. The Labute approximate surface area is 118 Å². The Morgan fingerprint density at radius 3 is 2.50 bits per heavy atom. The molecule has 0 bridgehead atoms. The van der Waals surface area contributed by atoms with Crippen LogP contribution in [0.1, 0.15) is 12.0 Å². The quantitative estimate of drug-likeness (QED) is 0.822. The summed E-state index contributed by atoms with van der Waals surface area (Å²) in [6.07, 6.45) is 1.00. The van der Waals surface area contributed by atoms with Gasteiger partial charge in [-0.1, -0.05) is 24.3 Å². The van der Waals surface area contributed by atoms with Crippen molar-refractivity contribution in [2.75, 3.05) is 12.4 Å². The zero-order chi connectivity index (χ0) is 14.4. The number of aryl methyl sites for hydroxylation is 1. The number of phenolic OH excluding ortho intramolecular Hbond substituents is 1. The van der Waals surface area contributed by atoms with Crippen LogP contribution in [0.3, 0.4) is 0 Å². The molecule has 2 rings (SSSR count). The summed E-state index contributed by atoms with van der Waals surface area (Å²) in [5.74, 6) is 0.750. The smallest absolute Gasteiger partial charge is 0.224 e. The molecule has 0 unspecified atom stereocenters. The van der Waals surface area contributed by atoms with Gasteiger partial charge in [-0.2, -0.15) is 0 Å². The standard InChI is InChI=1S/C16H17NO3/c1-20-13-9-6-12(7-10-13)8-11-16(19)17-14-4-2-3-5-15(14)18/h2-7,9-10,18H,8,11H2,1H3,(H,17,19). The molecule has 4 nitrogen and oxygen atoms in total. The number of anilines is 1. The van der Waals surface area contributed by atoms with E-state index in [1.165, 1.54) is 0 Å². The molecule has 2 aromatic rings. The zero-order valence-corrected chi connectivity index (χ0v) is 11.3. The zero-order valence-electron chi connectivity index (χ0n) is 11.3. The Hall–Kier alpha value is -2.49. The second kappa shape index (κ2) is 6.61. The molecule has 2 aromatic carbocycles. The number of phenols is 1. The van der Waals surface area contributed by atoms with Crippen LogP contribution >= 0.6 is 0 Å². The lowest BCUT2D eigenvalue weighted by molar-refractivity contribution is -0.116. The normalized spacial score (nSPS) is 10.1. The van der Waals surface area contributed by atoms with Gasteiger partial charge in [0.25, 0.3) is 0 Å². The molecule has 4 heteroatoms. The van der Waals surface area contributed by atoms with Crippen LogP contribution in [0.2, 0.25) is 0 Å².